The molecule has 0 aliphatic heterocycles. The highest BCUT2D eigenvalue weighted by Gasteiger charge is 2.11. The molecule has 4 heteroatoms. The number of para-hydroxylation sites is 1. The first kappa shape index (κ1) is 16.1. The van der Waals surface area contributed by atoms with Crippen LogP contribution in [0.1, 0.15) is 30.5 Å². The predicted molar refractivity (Wildman–Crippen MR) is 96.2 cm³/mol. The summed E-state index contributed by atoms with van der Waals surface area (Å²) in [4.78, 5) is 15.5. The van der Waals surface area contributed by atoms with E-state index in [9.17, 15) is 4.79 Å². The highest BCUT2D eigenvalue weighted by atomic mass is 16.5. The summed E-state index contributed by atoms with van der Waals surface area (Å²) in [7, 11) is 1.64. The van der Waals surface area contributed by atoms with Gasteiger partial charge in [-0.1, -0.05) is 30.3 Å². The minimum atomic E-state index is -0.0219. The molecule has 3 aromatic rings. The zero-order chi connectivity index (χ0) is 16.9. The molecule has 0 spiro atoms. The smallest absolute Gasteiger partial charge is 0.220 e. The molecule has 1 amide bonds. The van der Waals surface area contributed by atoms with E-state index in [1.54, 1.807) is 7.11 Å². The third-order valence-electron chi connectivity index (χ3n) is 4.29. The minimum Gasteiger partial charge on any atom is -0.497 e. The monoisotopic (exact) mass is 322 g/mol. The Labute approximate surface area is 141 Å². The van der Waals surface area contributed by atoms with Gasteiger partial charge in [0.15, 0.2) is 0 Å². The Kier molecular flexibility index (Phi) is 4.85. The molecule has 0 aliphatic carbocycles. The zero-order valence-electron chi connectivity index (χ0n) is 14.0. The van der Waals surface area contributed by atoms with Crippen LogP contribution in [-0.2, 0) is 11.2 Å². The molecule has 4 nitrogen and oxygen atoms in total. The average molecular weight is 322 g/mol. The van der Waals surface area contributed by atoms with Gasteiger partial charge in [-0.05, 0) is 42.7 Å². The molecule has 3 rings (SSSR count). The number of nitrogens with one attached hydrogen (secondary N) is 2. The number of rotatable bonds is 6. The Balaban J connectivity index is 1.57. The van der Waals surface area contributed by atoms with Crippen LogP contribution in [0.4, 0.5) is 0 Å². The van der Waals surface area contributed by atoms with Crippen molar-refractivity contribution in [3.05, 3.63) is 65.9 Å². The number of hydrogen-bond acceptors (Lipinski definition) is 2. The lowest BCUT2D eigenvalue weighted by molar-refractivity contribution is -0.121. The minimum absolute atomic E-state index is 0.0219. The lowest BCUT2D eigenvalue weighted by Crippen LogP contribution is -2.26. The molecule has 1 atom stereocenters. The van der Waals surface area contributed by atoms with E-state index in [4.69, 9.17) is 4.74 Å². The quantitative estimate of drug-likeness (QED) is 0.721. The standard InChI is InChI=1S/C20H22N2O2/c1-14(15-7-10-17(24-2)11-8-15)22-20(23)12-9-16-13-21-19-6-4-3-5-18(16)19/h3-8,10-11,13-14,21H,9,12H2,1-2H3,(H,22,23). The first-order chi connectivity index (χ1) is 11.7. The van der Waals surface area contributed by atoms with Crippen molar-refractivity contribution in [3.63, 3.8) is 0 Å². The molecular weight excluding hydrogens is 300 g/mol. The fraction of sp³-hybridized carbons (Fsp3) is 0.250. The van der Waals surface area contributed by atoms with E-state index < -0.39 is 0 Å². The second kappa shape index (κ2) is 7.21. The molecule has 0 fully saturated rings. The van der Waals surface area contributed by atoms with Gasteiger partial charge in [-0.3, -0.25) is 4.79 Å². The normalized spacial score (nSPS) is 12.1. The number of aromatic amines is 1. The van der Waals surface area contributed by atoms with Crippen LogP contribution in [-0.4, -0.2) is 18.0 Å². The van der Waals surface area contributed by atoms with Crippen molar-refractivity contribution in [1.82, 2.24) is 10.3 Å². The van der Waals surface area contributed by atoms with Crippen molar-refractivity contribution >= 4 is 16.8 Å². The summed E-state index contributed by atoms with van der Waals surface area (Å²) in [5.41, 5.74) is 3.36. The molecule has 124 valence electrons. The van der Waals surface area contributed by atoms with Crippen LogP contribution in [0.5, 0.6) is 5.75 Å². The van der Waals surface area contributed by atoms with Crippen LogP contribution in [0, 0.1) is 0 Å². The van der Waals surface area contributed by atoms with Crippen LogP contribution < -0.4 is 10.1 Å². The molecule has 24 heavy (non-hydrogen) atoms. The van der Waals surface area contributed by atoms with Gasteiger partial charge in [0.25, 0.3) is 0 Å². The molecule has 2 aromatic carbocycles. The van der Waals surface area contributed by atoms with E-state index >= 15 is 0 Å². The van der Waals surface area contributed by atoms with Gasteiger partial charge in [0.2, 0.25) is 5.91 Å². The summed E-state index contributed by atoms with van der Waals surface area (Å²) in [6.45, 7) is 1.99. The number of benzene rings is 2. The number of hydrogen-bond donors (Lipinski definition) is 2. The zero-order valence-corrected chi connectivity index (χ0v) is 14.0. The molecule has 2 N–H and O–H groups in total. The van der Waals surface area contributed by atoms with Crippen molar-refractivity contribution in [1.29, 1.82) is 0 Å². The van der Waals surface area contributed by atoms with Gasteiger partial charge < -0.3 is 15.0 Å². The lowest BCUT2D eigenvalue weighted by Gasteiger charge is -2.14. The number of amides is 1. The predicted octanol–water partition coefficient (Wildman–Crippen LogP) is 3.99. The summed E-state index contributed by atoms with van der Waals surface area (Å²) in [5.74, 6) is 0.875. The molecule has 0 radical (unpaired) electrons. The molecule has 1 heterocycles. The average Bonchev–Trinajstić information content (AvgIpc) is 3.03. The number of aryl methyl sites for hydroxylation is 1. The van der Waals surface area contributed by atoms with Crippen molar-refractivity contribution in [2.75, 3.05) is 7.11 Å². The highest BCUT2D eigenvalue weighted by molar-refractivity contribution is 5.84. The topological polar surface area (TPSA) is 54.1 Å². The van der Waals surface area contributed by atoms with Gasteiger partial charge >= 0.3 is 0 Å². The fourth-order valence-corrected chi connectivity index (χ4v) is 2.88. The van der Waals surface area contributed by atoms with Gasteiger partial charge in [-0.2, -0.15) is 0 Å². The number of ether oxygens (including phenoxy) is 1. The van der Waals surface area contributed by atoms with E-state index in [2.05, 4.69) is 16.4 Å². The van der Waals surface area contributed by atoms with Crippen LogP contribution in [0.15, 0.2) is 54.7 Å². The van der Waals surface area contributed by atoms with E-state index in [0.29, 0.717) is 6.42 Å². The Hall–Kier alpha value is -2.75. The SMILES string of the molecule is COc1ccc(C(C)NC(=O)CCc2c[nH]c3ccccc23)cc1. The Morgan fingerprint density at radius 3 is 2.67 bits per heavy atom. The summed E-state index contributed by atoms with van der Waals surface area (Å²) < 4.78 is 5.15. The molecule has 0 saturated carbocycles. The summed E-state index contributed by atoms with van der Waals surface area (Å²) >= 11 is 0. The van der Waals surface area contributed by atoms with Crippen molar-refractivity contribution in [3.8, 4) is 5.75 Å². The van der Waals surface area contributed by atoms with Crippen molar-refractivity contribution in [2.24, 2.45) is 0 Å². The fourth-order valence-electron chi connectivity index (χ4n) is 2.88. The van der Waals surface area contributed by atoms with Crippen LogP contribution in [0.25, 0.3) is 10.9 Å². The van der Waals surface area contributed by atoms with E-state index in [-0.39, 0.29) is 11.9 Å². The maximum Gasteiger partial charge on any atom is 0.220 e. The summed E-state index contributed by atoms with van der Waals surface area (Å²) in [5, 5.41) is 4.24. The molecule has 0 saturated heterocycles. The van der Waals surface area contributed by atoms with E-state index in [0.717, 1.165) is 23.3 Å². The molecule has 1 aromatic heterocycles. The maximum atomic E-state index is 12.2. The third-order valence-corrected chi connectivity index (χ3v) is 4.29. The number of fused-ring (bicyclic) bond motifs is 1. The summed E-state index contributed by atoms with van der Waals surface area (Å²) in [6, 6.07) is 15.9. The molecule has 0 bridgehead atoms. The van der Waals surface area contributed by atoms with Gasteiger partial charge in [0, 0.05) is 23.5 Å². The first-order valence-electron chi connectivity index (χ1n) is 8.15. The first-order valence-corrected chi connectivity index (χ1v) is 8.15. The van der Waals surface area contributed by atoms with Crippen LogP contribution in [0.3, 0.4) is 0 Å². The van der Waals surface area contributed by atoms with Crippen LogP contribution >= 0.6 is 0 Å². The maximum absolute atomic E-state index is 12.2. The Morgan fingerprint density at radius 2 is 1.92 bits per heavy atom. The second-order valence-electron chi connectivity index (χ2n) is 5.92. The lowest BCUT2D eigenvalue weighted by atomic mass is 10.1. The number of H-pyrrole nitrogens is 1. The molecular formula is C20H22N2O2. The Bertz CT molecular complexity index is 821. The van der Waals surface area contributed by atoms with E-state index in [1.807, 2.05) is 55.6 Å². The van der Waals surface area contributed by atoms with Gasteiger partial charge in [0.05, 0.1) is 13.2 Å². The Morgan fingerprint density at radius 1 is 1.17 bits per heavy atom. The van der Waals surface area contributed by atoms with Crippen molar-refractivity contribution < 1.29 is 9.53 Å². The third kappa shape index (κ3) is 3.59. The van der Waals surface area contributed by atoms with Gasteiger partial charge in [0.1, 0.15) is 5.75 Å². The second-order valence-corrected chi connectivity index (χ2v) is 5.92. The largest absolute Gasteiger partial charge is 0.497 e. The van der Waals surface area contributed by atoms with E-state index in [1.165, 1.54) is 10.9 Å². The number of carbonyl (C=O) groups excluding carboxylic acids is 1. The van der Waals surface area contributed by atoms with Crippen LogP contribution in [0.2, 0.25) is 0 Å². The van der Waals surface area contributed by atoms with Gasteiger partial charge in [-0.15, -0.1) is 0 Å². The molecule has 0 aliphatic rings. The van der Waals surface area contributed by atoms with Crippen molar-refractivity contribution in [2.45, 2.75) is 25.8 Å². The highest BCUT2D eigenvalue weighted by Crippen LogP contribution is 2.20. The number of methoxy groups -OCH3 is 1. The molecule has 1 unspecified atom stereocenters. The number of aromatic nitrogens is 1. The number of carbonyl (C=O) groups is 1. The summed E-state index contributed by atoms with van der Waals surface area (Å²) in [6.07, 6.45) is 3.19. The van der Waals surface area contributed by atoms with Gasteiger partial charge in [-0.25, -0.2) is 0 Å².